The number of hydrogen-bond acceptors (Lipinski definition) is 3. The van der Waals surface area contributed by atoms with Crippen molar-refractivity contribution in [1.82, 2.24) is 5.32 Å². The van der Waals surface area contributed by atoms with Gasteiger partial charge in [-0.3, -0.25) is 4.79 Å². The van der Waals surface area contributed by atoms with Crippen LogP contribution in [0.1, 0.15) is 51.9 Å². The van der Waals surface area contributed by atoms with E-state index in [0.717, 1.165) is 43.6 Å². The van der Waals surface area contributed by atoms with E-state index in [4.69, 9.17) is 4.74 Å². The van der Waals surface area contributed by atoms with E-state index in [-0.39, 0.29) is 5.91 Å². The van der Waals surface area contributed by atoms with E-state index < -0.39 is 0 Å². The molecule has 0 spiro atoms. The summed E-state index contributed by atoms with van der Waals surface area (Å²) >= 11 is 1.80. The highest BCUT2D eigenvalue weighted by molar-refractivity contribution is 7.99. The van der Waals surface area contributed by atoms with Crippen LogP contribution < -0.4 is 5.32 Å². The first kappa shape index (κ1) is 16.2. The van der Waals surface area contributed by atoms with Gasteiger partial charge in [-0.25, -0.2) is 0 Å². The van der Waals surface area contributed by atoms with Crippen molar-refractivity contribution in [2.75, 3.05) is 24.7 Å². The molecule has 1 aliphatic heterocycles. The molecule has 20 heavy (non-hydrogen) atoms. The minimum atomic E-state index is 0.207. The highest BCUT2D eigenvalue weighted by Crippen LogP contribution is 2.31. The van der Waals surface area contributed by atoms with Gasteiger partial charge in [-0.05, 0) is 43.3 Å². The van der Waals surface area contributed by atoms with Crippen LogP contribution in [0.3, 0.4) is 0 Å². The average Bonchev–Trinajstić information content (AvgIpc) is 2.45. The SMILES string of the molecule is C[C@H]1CCC[C@@H](CCSCC(=O)NC2CCOCC2)C1. The molecule has 4 heteroatoms. The van der Waals surface area contributed by atoms with Gasteiger partial charge >= 0.3 is 0 Å². The van der Waals surface area contributed by atoms with Crippen molar-refractivity contribution in [3.05, 3.63) is 0 Å². The van der Waals surface area contributed by atoms with Crippen molar-refractivity contribution in [3.63, 3.8) is 0 Å². The summed E-state index contributed by atoms with van der Waals surface area (Å²) < 4.78 is 5.30. The van der Waals surface area contributed by atoms with Crippen LogP contribution in [0.5, 0.6) is 0 Å². The fourth-order valence-corrected chi connectivity index (χ4v) is 4.26. The molecule has 2 fully saturated rings. The first-order valence-electron chi connectivity index (χ1n) is 8.19. The van der Waals surface area contributed by atoms with Crippen molar-refractivity contribution < 1.29 is 9.53 Å². The van der Waals surface area contributed by atoms with Crippen LogP contribution in [-0.4, -0.2) is 36.7 Å². The van der Waals surface area contributed by atoms with Crippen LogP contribution in [-0.2, 0) is 9.53 Å². The number of amides is 1. The first-order chi connectivity index (χ1) is 9.74. The molecule has 1 heterocycles. The van der Waals surface area contributed by atoms with Gasteiger partial charge in [-0.2, -0.15) is 11.8 Å². The molecule has 2 atom stereocenters. The van der Waals surface area contributed by atoms with Crippen LogP contribution in [0.2, 0.25) is 0 Å². The predicted molar refractivity (Wildman–Crippen MR) is 85.0 cm³/mol. The van der Waals surface area contributed by atoms with E-state index in [1.54, 1.807) is 11.8 Å². The summed E-state index contributed by atoms with van der Waals surface area (Å²) in [4.78, 5) is 11.8. The topological polar surface area (TPSA) is 38.3 Å². The van der Waals surface area contributed by atoms with Crippen LogP contribution in [0.15, 0.2) is 0 Å². The highest BCUT2D eigenvalue weighted by atomic mass is 32.2. The van der Waals surface area contributed by atoms with Gasteiger partial charge in [0, 0.05) is 19.3 Å². The van der Waals surface area contributed by atoms with Gasteiger partial charge in [0.25, 0.3) is 0 Å². The second-order valence-corrected chi connectivity index (χ2v) is 7.54. The van der Waals surface area contributed by atoms with E-state index in [9.17, 15) is 4.79 Å². The molecule has 3 nitrogen and oxygen atoms in total. The minimum absolute atomic E-state index is 0.207. The summed E-state index contributed by atoms with van der Waals surface area (Å²) in [5, 5.41) is 3.12. The normalized spacial score (nSPS) is 28.2. The minimum Gasteiger partial charge on any atom is -0.381 e. The molecule has 0 aromatic rings. The van der Waals surface area contributed by atoms with Crippen molar-refractivity contribution in [2.45, 2.75) is 57.9 Å². The monoisotopic (exact) mass is 299 g/mol. The summed E-state index contributed by atoms with van der Waals surface area (Å²) in [6.07, 6.45) is 8.85. The summed E-state index contributed by atoms with van der Waals surface area (Å²) in [6.45, 7) is 3.95. The van der Waals surface area contributed by atoms with Gasteiger partial charge in [-0.15, -0.1) is 0 Å². The summed E-state index contributed by atoms with van der Waals surface area (Å²) in [5.41, 5.74) is 0. The molecule has 2 aliphatic rings. The molecule has 0 radical (unpaired) electrons. The van der Waals surface area contributed by atoms with Gasteiger partial charge in [0.2, 0.25) is 5.91 Å². The molecule has 1 aliphatic carbocycles. The molecule has 1 saturated carbocycles. The molecule has 0 bridgehead atoms. The Kier molecular flexibility index (Phi) is 7.22. The number of nitrogens with one attached hydrogen (secondary N) is 1. The Labute approximate surface area is 127 Å². The van der Waals surface area contributed by atoms with Gasteiger partial charge < -0.3 is 10.1 Å². The average molecular weight is 299 g/mol. The predicted octanol–water partition coefficient (Wildman–Crippen LogP) is 3.23. The quantitative estimate of drug-likeness (QED) is 0.765. The molecule has 0 unspecified atom stereocenters. The fraction of sp³-hybridized carbons (Fsp3) is 0.938. The smallest absolute Gasteiger partial charge is 0.230 e. The molecule has 0 aromatic heterocycles. The van der Waals surface area contributed by atoms with Crippen molar-refractivity contribution >= 4 is 17.7 Å². The summed E-state index contributed by atoms with van der Waals surface area (Å²) in [7, 11) is 0. The Morgan fingerprint density at radius 1 is 1.25 bits per heavy atom. The number of hydrogen-bond donors (Lipinski definition) is 1. The lowest BCUT2D eigenvalue weighted by Gasteiger charge is -2.26. The Hall–Kier alpha value is -0.220. The molecule has 116 valence electrons. The number of carbonyl (C=O) groups excluding carboxylic acids is 1. The number of ether oxygens (including phenoxy) is 1. The first-order valence-corrected chi connectivity index (χ1v) is 9.34. The standard InChI is InChI=1S/C16H29NO2S/c1-13-3-2-4-14(11-13)7-10-20-12-16(18)17-15-5-8-19-9-6-15/h13-15H,2-12H2,1H3,(H,17,18)/t13-,14-/m0/s1. The third kappa shape index (κ3) is 6.04. The third-order valence-corrected chi connectivity index (χ3v) is 5.53. The zero-order valence-electron chi connectivity index (χ0n) is 12.7. The van der Waals surface area contributed by atoms with E-state index in [0.29, 0.717) is 11.8 Å². The van der Waals surface area contributed by atoms with Gasteiger partial charge in [0.1, 0.15) is 0 Å². The molecular weight excluding hydrogens is 270 g/mol. The van der Waals surface area contributed by atoms with Crippen LogP contribution in [0.4, 0.5) is 0 Å². The lowest BCUT2D eigenvalue weighted by atomic mass is 9.81. The van der Waals surface area contributed by atoms with Crippen molar-refractivity contribution in [2.24, 2.45) is 11.8 Å². The number of rotatable bonds is 6. The second-order valence-electron chi connectivity index (χ2n) is 6.43. The van der Waals surface area contributed by atoms with Gasteiger partial charge in [-0.1, -0.05) is 26.2 Å². The van der Waals surface area contributed by atoms with Gasteiger partial charge in [0.05, 0.1) is 5.75 Å². The molecule has 1 saturated heterocycles. The lowest BCUT2D eigenvalue weighted by molar-refractivity contribution is -0.119. The van der Waals surface area contributed by atoms with Crippen LogP contribution >= 0.6 is 11.8 Å². The Morgan fingerprint density at radius 3 is 2.80 bits per heavy atom. The summed E-state index contributed by atoms with van der Waals surface area (Å²) in [5.74, 6) is 3.79. The Balaban J connectivity index is 1.50. The lowest BCUT2D eigenvalue weighted by Crippen LogP contribution is -2.39. The molecule has 0 aromatic carbocycles. The van der Waals surface area contributed by atoms with Crippen LogP contribution in [0, 0.1) is 11.8 Å². The number of carbonyl (C=O) groups is 1. The maximum Gasteiger partial charge on any atom is 0.230 e. The van der Waals surface area contributed by atoms with E-state index in [2.05, 4.69) is 12.2 Å². The summed E-state index contributed by atoms with van der Waals surface area (Å²) in [6, 6.07) is 0.344. The molecule has 1 amide bonds. The zero-order valence-corrected chi connectivity index (χ0v) is 13.6. The Bertz CT molecular complexity index is 292. The maximum absolute atomic E-state index is 11.8. The van der Waals surface area contributed by atoms with Crippen molar-refractivity contribution in [3.8, 4) is 0 Å². The fourth-order valence-electron chi connectivity index (χ4n) is 3.35. The highest BCUT2D eigenvalue weighted by Gasteiger charge is 2.19. The largest absolute Gasteiger partial charge is 0.381 e. The number of thioether (sulfide) groups is 1. The maximum atomic E-state index is 11.8. The molecule has 2 rings (SSSR count). The van der Waals surface area contributed by atoms with Crippen molar-refractivity contribution in [1.29, 1.82) is 0 Å². The Morgan fingerprint density at radius 2 is 2.05 bits per heavy atom. The molecule has 1 N–H and O–H groups in total. The van der Waals surface area contributed by atoms with Crippen LogP contribution in [0.25, 0.3) is 0 Å². The zero-order chi connectivity index (χ0) is 14.2. The third-order valence-electron chi connectivity index (χ3n) is 4.54. The van der Waals surface area contributed by atoms with Gasteiger partial charge in [0.15, 0.2) is 0 Å². The van der Waals surface area contributed by atoms with E-state index >= 15 is 0 Å². The van der Waals surface area contributed by atoms with E-state index in [1.807, 2.05) is 0 Å². The second kappa shape index (κ2) is 8.93. The molecular formula is C16H29NO2S. The van der Waals surface area contributed by atoms with E-state index in [1.165, 1.54) is 32.1 Å².